The van der Waals surface area contributed by atoms with Crippen LogP contribution >= 0.6 is 12.4 Å². The van der Waals surface area contributed by atoms with Gasteiger partial charge in [-0.25, -0.2) is 19.7 Å². The Morgan fingerprint density at radius 2 is 1.77 bits per heavy atom. The minimum atomic E-state index is -1.62. The molecule has 1 aromatic rings. The molecule has 40 heavy (non-hydrogen) atoms. The number of hydrogen-bond donors (Lipinski definition) is 2. The highest BCUT2D eigenvalue weighted by Crippen LogP contribution is 2.51. The summed E-state index contributed by atoms with van der Waals surface area (Å²) < 4.78 is 11.7. The van der Waals surface area contributed by atoms with E-state index in [2.05, 4.69) is 16.4 Å². The standard InChI is InChI=1S/C30H40N4O5.ClH/c1-7-32(8-2)30(29(36)37)27(22-14-11-13-21(19-35)25(22)20(3)4)28(34(31-30)33-17-9-10-18-33)26-23(38-5)15-12-16-24(26)39-6;/h11-16,20,25,31H,7-10,17-18H2,1-6H3,(H,36,37);1H. The summed E-state index contributed by atoms with van der Waals surface area (Å²) in [7, 11) is 3.20. The van der Waals surface area contributed by atoms with E-state index in [0.29, 0.717) is 47.0 Å². The average molecular weight is 573 g/mol. The number of nitrogens with zero attached hydrogens (tertiary/aromatic N) is 3. The summed E-state index contributed by atoms with van der Waals surface area (Å²) in [5.74, 6) is 1.89. The van der Waals surface area contributed by atoms with Gasteiger partial charge in [-0.2, -0.15) is 5.43 Å². The zero-order chi connectivity index (χ0) is 28.3. The van der Waals surface area contributed by atoms with Crippen LogP contribution in [-0.4, -0.2) is 78.1 Å². The minimum absolute atomic E-state index is 0. The number of carboxylic acids is 1. The quantitative estimate of drug-likeness (QED) is 0.398. The monoisotopic (exact) mass is 572 g/mol. The van der Waals surface area contributed by atoms with Gasteiger partial charge in [0.2, 0.25) is 5.66 Å². The topological polar surface area (TPSA) is 94.6 Å². The van der Waals surface area contributed by atoms with Gasteiger partial charge in [0.1, 0.15) is 17.4 Å². The fourth-order valence-electron chi connectivity index (χ4n) is 6.22. The van der Waals surface area contributed by atoms with Crippen molar-refractivity contribution in [2.75, 3.05) is 40.4 Å². The van der Waals surface area contributed by atoms with Crippen LogP contribution in [-0.2, 0) is 9.59 Å². The van der Waals surface area contributed by atoms with Crippen molar-refractivity contribution >= 4 is 30.0 Å². The fourth-order valence-corrected chi connectivity index (χ4v) is 6.22. The third-order valence-corrected chi connectivity index (χ3v) is 7.95. The maximum absolute atomic E-state index is 13.6. The molecule has 0 aromatic heterocycles. The zero-order valence-corrected chi connectivity index (χ0v) is 25.0. The summed E-state index contributed by atoms with van der Waals surface area (Å²) in [5, 5.41) is 15.2. The zero-order valence-electron chi connectivity index (χ0n) is 24.2. The molecule has 1 aromatic carbocycles. The van der Waals surface area contributed by atoms with Gasteiger partial charge in [-0.1, -0.05) is 45.9 Å². The number of carboxylic acid groups (broad SMARTS) is 1. The van der Waals surface area contributed by atoms with E-state index < -0.39 is 11.6 Å². The number of benzene rings is 1. The second-order valence-corrected chi connectivity index (χ2v) is 10.3. The van der Waals surface area contributed by atoms with Gasteiger partial charge >= 0.3 is 5.97 Å². The van der Waals surface area contributed by atoms with E-state index >= 15 is 0 Å². The molecule has 0 spiro atoms. The first-order valence-electron chi connectivity index (χ1n) is 13.7. The summed E-state index contributed by atoms with van der Waals surface area (Å²) in [6.07, 6.45) is 7.51. The largest absolute Gasteiger partial charge is 0.496 e. The minimum Gasteiger partial charge on any atom is -0.496 e. The molecule has 1 saturated heterocycles. The van der Waals surface area contributed by atoms with Gasteiger partial charge in [0.25, 0.3) is 0 Å². The molecule has 218 valence electrons. The predicted octanol–water partition coefficient (Wildman–Crippen LogP) is 4.32. The normalized spacial score (nSPS) is 23.0. The van der Waals surface area contributed by atoms with Crippen molar-refractivity contribution in [2.45, 2.75) is 46.2 Å². The van der Waals surface area contributed by atoms with Gasteiger partial charge in [-0.05, 0) is 55.6 Å². The second-order valence-electron chi connectivity index (χ2n) is 10.3. The van der Waals surface area contributed by atoms with Crippen LogP contribution in [0.5, 0.6) is 11.5 Å². The Kier molecular flexibility index (Phi) is 10.3. The highest BCUT2D eigenvalue weighted by molar-refractivity contribution is 5.94. The van der Waals surface area contributed by atoms with E-state index in [1.807, 2.05) is 68.1 Å². The highest BCUT2D eigenvalue weighted by Gasteiger charge is 2.58. The number of halogens is 1. The van der Waals surface area contributed by atoms with Gasteiger partial charge in [0, 0.05) is 30.2 Å². The predicted molar refractivity (Wildman–Crippen MR) is 158 cm³/mol. The molecule has 2 heterocycles. The molecule has 0 bridgehead atoms. The maximum Gasteiger partial charge on any atom is 0.345 e. The Hall–Kier alpha value is -3.07. The molecular formula is C30H41ClN4O5. The summed E-state index contributed by atoms with van der Waals surface area (Å²) >= 11 is 0. The number of hydrazine groups is 2. The van der Waals surface area contributed by atoms with E-state index in [-0.39, 0.29) is 24.2 Å². The lowest BCUT2D eigenvalue weighted by molar-refractivity contribution is -0.156. The molecule has 2 atom stereocenters. The third kappa shape index (κ3) is 5.08. The van der Waals surface area contributed by atoms with Crippen LogP contribution in [0, 0.1) is 11.8 Å². The Labute approximate surface area is 243 Å². The lowest BCUT2D eigenvalue weighted by atomic mass is 9.73. The van der Waals surface area contributed by atoms with Crippen LogP contribution in [0.1, 0.15) is 46.1 Å². The number of carbonyl (C=O) groups excluding carboxylic acids is 1. The first-order chi connectivity index (χ1) is 18.8. The summed E-state index contributed by atoms with van der Waals surface area (Å²) in [6.45, 7) is 10.5. The molecule has 4 rings (SSSR count). The molecule has 1 aliphatic carbocycles. The van der Waals surface area contributed by atoms with E-state index in [9.17, 15) is 14.7 Å². The lowest BCUT2D eigenvalue weighted by Crippen LogP contribution is -2.67. The van der Waals surface area contributed by atoms with Crippen molar-refractivity contribution in [2.24, 2.45) is 11.8 Å². The Bertz CT molecular complexity index is 1220. The van der Waals surface area contributed by atoms with Crippen LogP contribution < -0.4 is 14.9 Å². The fraction of sp³-hybridized carbons (Fsp3) is 0.500. The van der Waals surface area contributed by atoms with Gasteiger partial charge < -0.3 is 14.6 Å². The molecule has 0 amide bonds. The molecule has 0 saturated carbocycles. The average Bonchev–Trinajstić information content (AvgIpc) is 3.60. The molecule has 9 nitrogen and oxygen atoms in total. The highest BCUT2D eigenvalue weighted by atomic mass is 35.5. The number of allylic oxidation sites excluding steroid dienone is 4. The molecule has 0 radical (unpaired) electrons. The third-order valence-electron chi connectivity index (χ3n) is 7.95. The molecule has 2 N–H and O–H groups in total. The van der Waals surface area contributed by atoms with Crippen molar-refractivity contribution in [3.8, 4) is 11.5 Å². The Morgan fingerprint density at radius 3 is 2.25 bits per heavy atom. The van der Waals surface area contributed by atoms with Crippen LogP contribution in [0.4, 0.5) is 0 Å². The molecule has 1 fully saturated rings. The Balaban J connectivity index is 0.00000441. The SMILES string of the molecule is CCN(CC)C1(C(=O)O)NN(N2CCCC2)C(c2c(OC)cccc2OC)=C1C1=CC=CC(=C=O)C1C(C)C.Cl. The summed E-state index contributed by atoms with van der Waals surface area (Å²) in [4.78, 5) is 27.7. The number of likely N-dealkylation sites (N-methyl/N-ethyl adjacent to an activating group) is 1. The number of aliphatic carboxylic acids is 1. The number of rotatable bonds is 10. The van der Waals surface area contributed by atoms with Crippen LogP contribution in [0.2, 0.25) is 0 Å². The van der Waals surface area contributed by atoms with Crippen LogP contribution in [0.15, 0.2) is 53.1 Å². The molecule has 3 aliphatic rings. The van der Waals surface area contributed by atoms with Gasteiger partial charge in [-0.15, -0.1) is 12.4 Å². The van der Waals surface area contributed by atoms with Gasteiger partial charge in [0.05, 0.1) is 25.5 Å². The van der Waals surface area contributed by atoms with E-state index in [1.165, 1.54) is 0 Å². The number of nitrogens with one attached hydrogen (secondary N) is 1. The lowest BCUT2D eigenvalue weighted by Gasteiger charge is -2.42. The number of ether oxygens (including phenoxy) is 2. The first kappa shape index (κ1) is 31.5. The number of hydrogen-bond acceptors (Lipinski definition) is 8. The Morgan fingerprint density at radius 1 is 1.18 bits per heavy atom. The van der Waals surface area contributed by atoms with E-state index in [1.54, 1.807) is 20.3 Å². The van der Waals surface area contributed by atoms with Crippen molar-refractivity contribution in [3.05, 3.63) is 58.7 Å². The van der Waals surface area contributed by atoms with Crippen molar-refractivity contribution in [3.63, 3.8) is 0 Å². The van der Waals surface area contributed by atoms with Crippen molar-refractivity contribution < 1.29 is 24.2 Å². The summed E-state index contributed by atoms with van der Waals surface area (Å²) in [5.41, 5.74) is 4.99. The van der Waals surface area contributed by atoms with Crippen molar-refractivity contribution in [1.82, 2.24) is 20.5 Å². The van der Waals surface area contributed by atoms with Gasteiger partial charge in [0.15, 0.2) is 0 Å². The smallest absolute Gasteiger partial charge is 0.345 e. The van der Waals surface area contributed by atoms with Gasteiger partial charge in [-0.3, -0.25) is 4.90 Å². The molecule has 2 aliphatic heterocycles. The maximum atomic E-state index is 13.6. The number of methoxy groups -OCH3 is 2. The first-order valence-corrected chi connectivity index (χ1v) is 13.7. The molecule has 10 heteroatoms. The number of carbonyl (C=O) groups is 1. The second kappa shape index (κ2) is 13.1. The molecular weight excluding hydrogens is 532 g/mol. The van der Waals surface area contributed by atoms with Crippen LogP contribution in [0.25, 0.3) is 5.70 Å². The van der Waals surface area contributed by atoms with E-state index in [0.717, 1.165) is 31.5 Å². The summed E-state index contributed by atoms with van der Waals surface area (Å²) in [6, 6.07) is 5.56. The van der Waals surface area contributed by atoms with E-state index in [4.69, 9.17) is 9.47 Å². The van der Waals surface area contributed by atoms with Crippen molar-refractivity contribution in [1.29, 1.82) is 0 Å². The molecule has 2 unspecified atom stereocenters. The van der Waals surface area contributed by atoms with Crippen LogP contribution in [0.3, 0.4) is 0 Å².